The molecule has 0 aliphatic rings. The van der Waals surface area contributed by atoms with Crippen molar-refractivity contribution < 1.29 is 24.2 Å². The number of fused-ring (bicyclic) bond motifs is 1. The van der Waals surface area contributed by atoms with Gasteiger partial charge in [0.05, 0.1) is 27.0 Å². The van der Waals surface area contributed by atoms with Gasteiger partial charge in [-0.2, -0.15) is 0 Å². The van der Waals surface area contributed by atoms with Crippen molar-refractivity contribution in [2.75, 3.05) is 26.6 Å². The first-order chi connectivity index (χ1) is 16.0. The summed E-state index contributed by atoms with van der Waals surface area (Å²) in [5, 5.41) is 13.2. The number of benzene rings is 2. The molecular weight excluding hydrogens is 428 g/mol. The van der Waals surface area contributed by atoms with E-state index in [1.807, 2.05) is 30.3 Å². The van der Waals surface area contributed by atoms with Crippen LogP contribution in [0.2, 0.25) is 0 Å². The third-order valence-corrected chi connectivity index (χ3v) is 5.03. The standard InChI is InChI=1S/C23H20N4O6/c1-31-16-9-6-14(12-17(16)32-2)13-4-7-15(8-5-13)26-19-18(23(29)33-3)22(28)27(30)21-20(19)24-10-11-25-21/h4-12,26,30H,1-3H3. The zero-order valence-electron chi connectivity index (χ0n) is 18.0. The molecule has 10 heteroatoms. The molecule has 4 aromatic rings. The Hall–Kier alpha value is -4.60. The Morgan fingerprint density at radius 2 is 1.61 bits per heavy atom. The summed E-state index contributed by atoms with van der Waals surface area (Å²) in [5.41, 5.74) is 1.14. The van der Waals surface area contributed by atoms with Crippen LogP contribution in [-0.2, 0) is 4.74 Å². The molecule has 2 aromatic heterocycles. The van der Waals surface area contributed by atoms with Crippen LogP contribution in [0.1, 0.15) is 10.4 Å². The van der Waals surface area contributed by atoms with Crippen LogP contribution < -0.4 is 20.3 Å². The molecule has 168 valence electrons. The van der Waals surface area contributed by atoms with Gasteiger partial charge in [-0.25, -0.2) is 14.8 Å². The Balaban J connectivity index is 1.76. The average molecular weight is 448 g/mol. The molecule has 0 spiro atoms. The highest BCUT2D eigenvalue weighted by Crippen LogP contribution is 2.33. The van der Waals surface area contributed by atoms with Gasteiger partial charge in [0.2, 0.25) is 5.65 Å². The Labute approximate surface area is 188 Å². The predicted octanol–water partition coefficient (Wildman–Crippen LogP) is 3.24. The number of rotatable bonds is 6. The van der Waals surface area contributed by atoms with Gasteiger partial charge >= 0.3 is 11.5 Å². The highest BCUT2D eigenvalue weighted by molar-refractivity contribution is 6.03. The second kappa shape index (κ2) is 8.87. The number of methoxy groups -OCH3 is 3. The predicted molar refractivity (Wildman–Crippen MR) is 121 cm³/mol. The van der Waals surface area contributed by atoms with Crippen LogP contribution in [0.5, 0.6) is 11.5 Å². The summed E-state index contributed by atoms with van der Waals surface area (Å²) in [7, 11) is 4.29. The number of pyridine rings is 1. The van der Waals surface area contributed by atoms with E-state index in [0.717, 1.165) is 18.2 Å². The van der Waals surface area contributed by atoms with Gasteiger partial charge in [0, 0.05) is 18.1 Å². The normalized spacial score (nSPS) is 10.6. The van der Waals surface area contributed by atoms with Gasteiger partial charge in [0.1, 0.15) is 5.52 Å². The van der Waals surface area contributed by atoms with Crippen LogP contribution in [0.25, 0.3) is 22.3 Å². The molecule has 0 aliphatic carbocycles. The summed E-state index contributed by atoms with van der Waals surface area (Å²) < 4.78 is 15.7. The van der Waals surface area contributed by atoms with Crippen molar-refractivity contribution in [3.8, 4) is 22.6 Å². The Bertz CT molecular complexity index is 1400. The van der Waals surface area contributed by atoms with Crippen LogP contribution >= 0.6 is 0 Å². The second-order valence-corrected chi connectivity index (χ2v) is 6.86. The zero-order valence-corrected chi connectivity index (χ0v) is 18.0. The van der Waals surface area contributed by atoms with Gasteiger partial charge in [-0.3, -0.25) is 4.79 Å². The lowest BCUT2D eigenvalue weighted by Gasteiger charge is -2.14. The van der Waals surface area contributed by atoms with Crippen LogP contribution in [-0.4, -0.2) is 47.2 Å². The van der Waals surface area contributed by atoms with Crippen LogP contribution in [0, 0.1) is 0 Å². The first-order valence-electron chi connectivity index (χ1n) is 9.75. The van der Waals surface area contributed by atoms with Crippen molar-refractivity contribution in [2.45, 2.75) is 0 Å². The topological polar surface area (TPSA) is 125 Å². The van der Waals surface area contributed by atoms with Crippen molar-refractivity contribution in [3.05, 3.63) is 70.8 Å². The molecule has 0 saturated carbocycles. The maximum Gasteiger partial charge on any atom is 0.345 e. The fourth-order valence-corrected chi connectivity index (χ4v) is 3.41. The minimum atomic E-state index is -0.973. The molecule has 4 rings (SSSR count). The number of ether oxygens (including phenoxy) is 3. The smallest absolute Gasteiger partial charge is 0.345 e. The zero-order chi connectivity index (χ0) is 23.5. The number of aromatic nitrogens is 3. The average Bonchev–Trinajstić information content (AvgIpc) is 2.86. The quantitative estimate of drug-likeness (QED) is 0.338. The van der Waals surface area contributed by atoms with Gasteiger partial charge in [-0.05, 0) is 35.4 Å². The molecule has 0 radical (unpaired) electrons. The Morgan fingerprint density at radius 1 is 0.939 bits per heavy atom. The van der Waals surface area contributed by atoms with Crippen molar-refractivity contribution in [3.63, 3.8) is 0 Å². The number of esters is 1. The molecule has 0 aliphatic heterocycles. The van der Waals surface area contributed by atoms with Crippen LogP contribution in [0.15, 0.2) is 59.7 Å². The van der Waals surface area contributed by atoms with Crippen molar-refractivity contribution in [1.29, 1.82) is 0 Å². The van der Waals surface area contributed by atoms with E-state index < -0.39 is 17.1 Å². The molecule has 10 nitrogen and oxygen atoms in total. The molecular formula is C23H20N4O6. The third-order valence-electron chi connectivity index (χ3n) is 5.03. The Kier molecular flexibility index (Phi) is 5.81. The lowest BCUT2D eigenvalue weighted by molar-refractivity contribution is 0.0594. The van der Waals surface area contributed by atoms with Crippen molar-refractivity contribution in [1.82, 2.24) is 14.7 Å². The van der Waals surface area contributed by atoms with Gasteiger partial charge in [-0.15, -0.1) is 4.73 Å². The van der Waals surface area contributed by atoms with E-state index >= 15 is 0 Å². The number of hydrogen-bond acceptors (Lipinski definition) is 9. The molecule has 2 heterocycles. The molecule has 2 N–H and O–H groups in total. The minimum absolute atomic E-state index is 0.0825. The van der Waals surface area contributed by atoms with E-state index in [1.54, 1.807) is 26.4 Å². The number of carbonyl (C=O) groups is 1. The summed E-state index contributed by atoms with van der Waals surface area (Å²) in [6.07, 6.45) is 2.72. The SMILES string of the molecule is COC(=O)c1c(Nc2ccc(-c3ccc(OC)c(OC)c3)cc2)c2nccnc2n(O)c1=O. The molecule has 0 atom stereocenters. The number of anilines is 2. The van der Waals surface area contributed by atoms with Crippen LogP contribution in [0.3, 0.4) is 0 Å². The van der Waals surface area contributed by atoms with E-state index in [0.29, 0.717) is 17.2 Å². The van der Waals surface area contributed by atoms with Crippen molar-refractivity contribution >= 4 is 28.5 Å². The molecule has 0 fully saturated rings. The molecule has 33 heavy (non-hydrogen) atoms. The fourth-order valence-electron chi connectivity index (χ4n) is 3.41. The first kappa shape index (κ1) is 21.6. The van der Waals surface area contributed by atoms with E-state index in [-0.39, 0.29) is 21.6 Å². The maximum atomic E-state index is 12.6. The van der Waals surface area contributed by atoms with Gasteiger partial charge in [0.15, 0.2) is 17.1 Å². The first-order valence-corrected chi connectivity index (χ1v) is 9.75. The monoisotopic (exact) mass is 448 g/mol. The largest absolute Gasteiger partial charge is 0.493 e. The van der Waals surface area contributed by atoms with Gasteiger partial charge in [-0.1, -0.05) is 18.2 Å². The number of carbonyl (C=O) groups excluding carboxylic acids is 1. The Morgan fingerprint density at radius 3 is 2.27 bits per heavy atom. The highest BCUT2D eigenvalue weighted by Gasteiger charge is 2.25. The molecule has 2 aromatic carbocycles. The molecule has 0 amide bonds. The number of hydrogen-bond donors (Lipinski definition) is 2. The lowest BCUT2D eigenvalue weighted by Crippen LogP contribution is -2.28. The van der Waals surface area contributed by atoms with Crippen molar-refractivity contribution in [2.24, 2.45) is 0 Å². The van der Waals surface area contributed by atoms with E-state index in [2.05, 4.69) is 15.3 Å². The maximum absolute atomic E-state index is 12.6. The van der Waals surface area contributed by atoms with Gasteiger partial charge in [0.25, 0.3) is 0 Å². The molecule has 0 bridgehead atoms. The van der Waals surface area contributed by atoms with Gasteiger partial charge < -0.3 is 24.7 Å². The lowest BCUT2D eigenvalue weighted by atomic mass is 10.0. The summed E-state index contributed by atoms with van der Waals surface area (Å²) in [6.45, 7) is 0. The number of nitrogens with one attached hydrogen (secondary N) is 1. The minimum Gasteiger partial charge on any atom is -0.493 e. The summed E-state index contributed by atoms with van der Waals surface area (Å²) >= 11 is 0. The molecule has 0 saturated heterocycles. The number of nitrogens with zero attached hydrogens (tertiary/aromatic N) is 3. The van der Waals surface area contributed by atoms with E-state index in [4.69, 9.17) is 14.2 Å². The van der Waals surface area contributed by atoms with E-state index in [1.165, 1.54) is 12.4 Å². The summed E-state index contributed by atoms with van der Waals surface area (Å²) in [4.78, 5) is 33.1. The third kappa shape index (κ3) is 3.89. The van der Waals surface area contributed by atoms with E-state index in [9.17, 15) is 14.8 Å². The summed E-state index contributed by atoms with van der Waals surface area (Å²) in [6, 6.07) is 12.9. The summed E-state index contributed by atoms with van der Waals surface area (Å²) in [5.74, 6) is 0.316. The fraction of sp³-hybridized carbons (Fsp3) is 0.130. The highest BCUT2D eigenvalue weighted by atomic mass is 16.5. The second-order valence-electron chi connectivity index (χ2n) is 6.86. The van der Waals surface area contributed by atoms with Crippen LogP contribution in [0.4, 0.5) is 11.4 Å². The molecule has 0 unspecified atom stereocenters.